The van der Waals surface area contributed by atoms with Gasteiger partial charge in [0.25, 0.3) is 11.8 Å². The molecule has 0 unspecified atom stereocenters. The Kier molecular flexibility index (Phi) is 4.22. The first kappa shape index (κ1) is 16.4. The van der Waals surface area contributed by atoms with Gasteiger partial charge in [-0.05, 0) is 25.1 Å². The van der Waals surface area contributed by atoms with E-state index in [0.29, 0.717) is 43.0 Å². The summed E-state index contributed by atoms with van der Waals surface area (Å²) in [5.74, 6) is -0.364. The summed E-state index contributed by atoms with van der Waals surface area (Å²) < 4.78 is 16.3. The van der Waals surface area contributed by atoms with Crippen molar-refractivity contribution in [2.75, 3.05) is 31.6 Å². The van der Waals surface area contributed by atoms with Crippen LogP contribution in [0, 0.1) is 6.92 Å². The van der Waals surface area contributed by atoms with Gasteiger partial charge in [0.1, 0.15) is 11.3 Å². The number of carbonyl (C=O) groups excluding carboxylic acids is 2. The molecule has 0 saturated carbocycles. The number of fused-ring (bicyclic) bond motifs is 1. The lowest BCUT2D eigenvalue weighted by atomic mass is 10.2. The number of furan rings is 2. The summed E-state index contributed by atoms with van der Waals surface area (Å²) in [5, 5.41) is 3.46. The Hall–Kier alpha value is -3.06. The zero-order chi connectivity index (χ0) is 18.1. The Morgan fingerprint density at radius 3 is 2.58 bits per heavy atom. The summed E-state index contributed by atoms with van der Waals surface area (Å²) in [4.78, 5) is 27.2. The first-order valence-corrected chi connectivity index (χ1v) is 8.39. The van der Waals surface area contributed by atoms with Crippen LogP contribution in [0.5, 0.6) is 0 Å². The quantitative estimate of drug-likeness (QED) is 0.781. The normalized spacial score (nSPS) is 14.6. The molecule has 4 rings (SSSR count). The average Bonchev–Trinajstić information content (AvgIpc) is 3.26. The molecular weight excluding hydrogens is 336 g/mol. The van der Waals surface area contributed by atoms with Crippen molar-refractivity contribution in [3.63, 3.8) is 0 Å². The van der Waals surface area contributed by atoms with Crippen molar-refractivity contribution in [3.05, 3.63) is 53.7 Å². The fraction of sp³-hybridized carbons (Fsp3) is 0.263. The van der Waals surface area contributed by atoms with Crippen LogP contribution in [0.15, 0.2) is 45.4 Å². The Bertz CT molecular complexity index is 965. The van der Waals surface area contributed by atoms with E-state index in [2.05, 4.69) is 5.32 Å². The topological polar surface area (TPSA) is 84.9 Å². The molecule has 0 aliphatic carbocycles. The number of aryl methyl sites for hydroxylation is 1. The molecular formula is C19H18N2O5. The standard InChI is InChI=1S/C19H18N2O5/c1-12-6-9-25-16(12)18(22)20-15-13-4-2-3-5-14(13)26-17(15)19(23)21-7-10-24-11-8-21/h2-6,9H,7-8,10-11H2,1H3,(H,20,22). The second-order valence-corrected chi connectivity index (χ2v) is 6.09. The molecule has 0 bridgehead atoms. The smallest absolute Gasteiger partial charge is 0.291 e. The number of nitrogens with zero attached hydrogens (tertiary/aromatic N) is 1. The number of hydrogen-bond acceptors (Lipinski definition) is 5. The Morgan fingerprint density at radius 1 is 1.08 bits per heavy atom. The van der Waals surface area contributed by atoms with Crippen LogP contribution in [0.1, 0.15) is 26.7 Å². The molecule has 1 aliphatic heterocycles. The van der Waals surface area contributed by atoms with Gasteiger partial charge in [0.05, 0.1) is 19.5 Å². The summed E-state index contributed by atoms with van der Waals surface area (Å²) in [6.45, 7) is 3.73. The first-order valence-electron chi connectivity index (χ1n) is 8.39. The molecule has 26 heavy (non-hydrogen) atoms. The number of carbonyl (C=O) groups is 2. The maximum Gasteiger partial charge on any atom is 0.291 e. The average molecular weight is 354 g/mol. The van der Waals surface area contributed by atoms with E-state index in [0.717, 1.165) is 5.56 Å². The molecule has 1 N–H and O–H groups in total. The summed E-state index contributed by atoms with van der Waals surface area (Å²) in [6.07, 6.45) is 1.46. The number of ether oxygens (including phenoxy) is 1. The molecule has 7 heteroatoms. The van der Waals surface area contributed by atoms with Gasteiger partial charge in [-0.15, -0.1) is 0 Å². The lowest BCUT2D eigenvalue weighted by Gasteiger charge is -2.26. The van der Waals surface area contributed by atoms with Crippen LogP contribution in [-0.2, 0) is 4.74 Å². The van der Waals surface area contributed by atoms with Crippen LogP contribution in [-0.4, -0.2) is 43.0 Å². The highest BCUT2D eigenvalue weighted by Crippen LogP contribution is 2.32. The number of hydrogen-bond donors (Lipinski definition) is 1. The lowest BCUT2D eigenvalue weighted by molar-refractivity contribution is 0.0285. The van der Waals surface area contributed by atoms with Gasteiger partial charge in [0.15, 0.2) is 5.76 Å². The van der Waals surface area contributed by atoms with Crippen LogP contribution >= 0.6 is 0 Å². The maximum atomic E-state index is 12.9. The van der Waals surface area contributed by atoms with E-state index in [4.69, 9.17) is 13.6 Å². The Balaban J connectivity index is 1.73. The predicted molar refractivity (Wildman–Crippen MR) is 94.3 cm³/mol. The Labute approximate surface area is 149 Å². The molecule has 7 nitrogen and oxygen atoms in total. The van der Waals surface area contributed by atoms with Gasteiger partial charge in [-0.2, -0.15) is 0 Å². The zero-order valence-electron chi connectivity index (χ0n) is 14.3. The molecule has 0 radical (unpaired) electrons. The fourth-order valence-corrected chi connectivity index (χ4v) is 3.01. The fourth-order valence-electron chi connectivity index (χ4n) is 3.01. The number of anilines is 1. The number of para-hydroxylation sites is 1. The van der Waals surface area contributed by atoms with Gasteiger partial charge >= 0.3 is 0 Å². The van der Waals surface area contributed by atoms with Crippen molar-refractivity contribution >= 4 is 28.5 Å². The molecule has 1 fully saturated rings. The molecule has 3 heterocycles. The van der Waals surface area contributed by atoms with Crippen molar-refractivity contribution < 1.29 is 23.2 Å². The molecule has 0 spiro atoms. The second kappa shape index (κ2) is 6.68. The summed E-state index contributed by atoms with van der Waals surface area (Å²) in [7, 11) is 0. The third-order valence-electron chi connectivity index (χ3n) is 4.39. The third-order valence-corrected chi connectivity index (χ3v) is 4.39. The minimum Gasteiger partial charge on any atom is -0.459 e. The van der Waals surface area contributed by atoms with Crippen molar-refractivity contribution in [3.8, 4) is 0 Å². The number of rotatable bonds is 3. The highest BCUT2D eigenvalue weighted by molar-refractivity contribution is 6.14. The molecule has 1 aliphatic rings. The van der Waals surface area contributed by atoms with Crippen molar-refractivity contribution in [1.82, 2.24) is 4.90 Å². The highest BCUT2D eigenvalue weighted by atomic mass is 16.5. The SMILES string of the molecule is Cc1ccoc1C(=O)Nc1c(C(=O)N2CCOCC2)oc2ccccc12. The van der Waals surface area contributed by atoms with E-state index in [1.807, 2.05) is 12.1 Å². The molecule has 3 aromatic rings. The van der Waals surface area contributed by atoms with E-state index in [-0.39, 0.29) is 17.4 Å². The molecule has 2 aromatic heterocycles. The predicted octanol–water partition coefficient (Wildman–Crippen LogP) is 3.06. The number of morpholine rings is 1. The van der Waals surface area contributed by atoms with E-state index in [1.54, 1.807) is 30.0 Å². The van der Waals surface area contributed by atoms with Crippen molar-refractivity contribution in [1.29, 1.82) is 0 Å². The molecule has 134 valence electrons. The van der Waals surface area contributed by atoms with Crippen LogP contribution in [0.25, 0.3) is 11.0 Å². The van der Waals surface area contributed by atoms with Gasteiger partial charge in [-0.25, -0.2) is 0 Å². The molecule has 1 aromatic carbocycles. The van der Waals surface area contributed by atoms with Crippen molar-refractivity contribution in [2.24, 2.45) is 0 Å². The van der Waals surface area contributed by atoms with E-state index >= 15 is 0 Å². The number of amides is 2. The van der Waals surface area contributed by atoms with Gasteiger partial charge in [-0.3, -0.25) is 9.59 Å². The second-order valence-electron chi connectivity index (χ2n) is 6.09. The maximum absolute atomic E-state index is 12.9. The molecule has 2 amide bonds. The minimum atomic E-state index is -0.421. The largest absolute Gasteiger partial charge is 0.459 e. The Morgan fingerprint density at radius 2 is 1.85 bits per heavy atom. The number of nitrogens with one attached hydrogen (secondary N) is 1. The van der Waals surface area contributed by atoms with Crippen molar-refractivity contribution in [2.45, 2.75) is 6.92 Å². The number of benzene rings is 1. The lowest BCUT2D eigenvalue weighted by Crippen LogP contribution is -2.40. The van der Waals surface area contributed by atoms with Crippen LogP contribution in [0.2, 0.25) is 0 Å². The molecule has 1 saturated heterocycles. The van der Waals surface area contributed by atoms with Gasteiger partial charge in [0, 0.05) is 24.0 Å². The van der Waals surface area contributed by atoms with E-state index < -0.39 is 5.91 Å². The van der Waals surface area contributed by atoms with Gasteiger partial charge in [-0.1, -0.05) is 12.1 Å². The van der Waals surface area contributed by atoms with Gasteiger partial charge in [0.2, 0.25) is 5.76 Å². The summed E-state index contributed by atoms with van der Waals surface area (Å²) in [6, 6.07) is 8.92. The first-order chi connectivity index (χ1) is 12.6. The van der Waals surface area contributed by atoms with Crippen LogP contribution in [0.4, 0.5) is 5.69 Å². The third kappa shape index (κ3) is 2.86. The highest BCUT2D eigenvalue weighted by Gasteiger charge is 2.28. The van der Waals surface area contributed by atoms with Gasteiger partial charge < -0.3 is 23.8 Å². The van der Waals surface area contributed by atoms with E-state index in [1.165, 1.54) is 6.26 Å². The summed E-state index contributed by atoms with van der Waals surface area (Å²) in [5.41, 5.74) is 1.62. The molecule has 0 atom stereocenters. The minimum absolute atomic E-state index is 0.116. The van der Waals surface area contributed by atoms with Crippen LogP contribution in [0.3, 0.4) is 0 Å². The zero-order valence-corrected chi connectivity index (χ0v) is 14.3. The van der Waals surface area contributed by atoms with E-state index in [9.17, 15) is 9.59 Å². The summed E-state index contributed by atoms with van der Waals surface area (Å²) >= 11 is 0. The monoisotopic (exact) mass is 354 g/mol. The van der Waals surface area contributed by atoms with Crippen LogP contribution < -0.4 is 5.32 Å².